The van der Waals surface area contributed by atoms with Crippen LogP contribution >= 0.6 is 23.2 Å². The highest BCUT2D eigenvalue weighted by Gasteiger charge is 2.29. The van der Waals surface area contributed by atoms with Crippen LogP contribution in [0, 0.1) is 0 Å². The Hall–Kier alpha value is -1.91. The number of nitrogens with zero attached hydrogens (tertiary/aromatic N) is 2. The number of nitrogens with one attached hydrogen (secondary N) is 1. The van der Waals surface area contributed by atoms with Gasteiger partial charge in [-0.2, -0.15) is 10.2 Å². The van der Waals surface area contributed by atoms with E-state index in [2.05, 4.69) is 15.5 Å². The fourth-order valence-electron chi connectivity index (χ4n) is 2.38. The van der Waals surface area contributed by atoms with E-state index in [9.17, 15) is 4.79 Å². The molecule has 2 atom stereocenters. The van der Waals surface area contributed by atoms with Gasteiger partial charge in [0.2, 0.25) is 0 Å². The van der Waals surface area contributed by atoms with Gasteiger partial charge in [-0.25, -0.2) is 0 Å². The van der Waals surface area contributed by atoms with Gasteiger partial charge in [0.25, 0.3) is 5.91 Å². The number of amides is 1. The zero-order valence-electron chi connectivity index (χ0n) is 11.5. The van der Waals surface area contributed by atoms with Crippen molar-refractivity contribution in [2.45, 2.75) is 12.1 Å². The molecule has 0 aromatic heterocycles. The fourth-order valence-corrected chi connectivity index (χ4v) is 2.73. The number of benzene rings is 2. The van der Waals surface area contributed by atoms with Gasteiger partial charge in [-0.3, -0.25) is 4.79 Å². The van der Waals surface area contributed by atoms with Gasteiger partial charge in [0.1, 0.15) is 6.04 Å². The highest BCUT2D eigenvalue weighted by molar-refractivity contribution is 6.33. The average molecular weight is 334 g/mol. The Labute approximate surface area is 138 Å². The molecule has 0 saturated carbocycles. The summed E-state index contributed by atoms with van der Waals surface area (Å²) in [5, 5.41) is 12.3. The van der Waals surface area contributed by atoms with Gasteiger partial charge in [0.15, 0.2) is 0 Å². The van der Waals surface area contributed by atoms with Gasteiger partial charge >= 0.3 is 0 Å². The molecule has 3 rings (SSSR count). The van der Waals surface area contributed by atoms with Crippen molar-refractivity contribution < 1.29 is 4.79 Å². The minimum absolute atomic E-state index is 0.190. The van der Waals surface area contributed by atoms with E-state index in [0.717, 1.165) is 5.56 Å². The Morgan fingerprint density at radius 2 is 1.82 bits per heavy atom. The molecule has 1 heterocycles. The molecule has 2 unspecified atom stereocenters. The number of rotatable bonds is 3. The molecule has 1 N–H and O–H groups in total. The summed E-state index contributed by atoms with van der Waals surface area (Å²) in [6.07, 6.45) is 0. The summed E-state index contributed by atoms with van der Waals surface area (Å²) in [5.41, 5.74) is 1.42. The maximum Gasteiger partial charge on any atom is 0.253 e. The third kappa shape index (κ3) is 3.13. The highest BCUT2D eigenvalue weighted by atomic mass is 35.5. The number of halogens is 2. The Bertz CT molecular complexity index is 716. The lowest BCUT2D eigenvalue weighted by Gasteiger charge is -2.18. The molecule has 0 radical (unpaired) electrons. The molecule has 0 fully saturated rings. The number of carbonyl (C=O) groups excluding carboxylic acids is 1. The Morgan fingerprint density at radius 3 is 2.55 bits per heavy atom. The van der Waals surface area contributed by atoms with E-state index in [1.54, 1.807) is 36.4 Å². The van der Waals surface area contributed by atoms with Crippen LogP contribution in [-0.2, 0) is 0 Å². The molecule has 112 valence electrons. The molecule has 0 spiro atoms. The smallest absolute Gasteiger partial charge is 0.253 e. The minimum atomic E-state index is -0.220. The molecular weight excluding hydrogens is 321 g/mol. The number of hydrogen-bond donors (Lipinski definition) is 1. The van der Waals surface area contributed by atoms with Crippen LogP contribution in [0.5, 0.6) is 0 Å². The van der Waals surface area contributed by atoms with E-state index in [0.29, 0.717) is 22.2 Å². The second-order valence-electron chi connectivity index (χ2n) is 5.00. The molecule has 4 nitrogen and oxygen atoms in total. The standard InChI is InChI=1S/C16H13Cl2N3O/c17-11-7-5-10(6-8-11)15-14(9-19-21-15)20-16(22)12-3-1-2-4-13(12)18/h1-8,14-15H,9H2,(H,20,22). The predicted octanol–water partition coefficient (Wildman–Crippen LogP) is 4.30. The lowest BCUT2D eigenvalue weighted by molar-refractivity contribution is 0.0936. The van der Waals surface area contributed by atoms with Crippen LogP contribution in [-0.4, -0.2) is 18.5 Å². The second-order valence-corrected chi connectivity index (χ2v) is 5.84. The van der Waals surface area contributed by atoms with Crippen LogP contribution in [0.25, 0.3) is 0 Å². The molecule has 0 saturated heterocycles. The number of hydrogen-bond acceptors (Lipinski definition) is 3. The number of azo groups is 1. The normalized spacial score (nSPS) is 20.1. The van der Waals surface area contributed by atoms with E-state index >= 15 is 0 Å². The largest absolute Gasteiger partial charge is 0.345 e. The zero-order valence-corrected chi connectivity index (χ0v) is 13.1. The molecule has 1 aliphatic heterocycles. The Balaban J connectivity index is 1.76. The maximum atomic E-state index is 12.4. The molecule has 0 aliphatic carbocycles. The van der Waals surface area contributed by atoms with Crippen molar-refractivity contribution >= 4 is 29.1 Å². The third-order valence-corrected chi connectivity index (χ3v) is 4.09. The molecule has 22 heavy (non-hydrogen) atoms. The van der Waals surface area contributed by atoms with Gasteiger partial charge in [0.05, 0.1) is 23.2 Å². The molecule has 2 aromatic carbocycles. The molecule has 0 bridgehead atoms. The summed E-state index contributed by atoms with van der Waals surface area (Å²) in [5.74, 6) is -0.220. The monoisotopic (exact) mass is 333 g/mol. The third-order valence-electron chi connectivity index (χ3n) is 3.51. The quantitative estimate of drug-likeness (QED) is 0.894. The van der Waals surface area contributed by atoms with Crippen molar-refractivity contribution in [2.75, 3.05) is 6.54 Å². The molecular formula is C16H13Cl2N3O. The van der Waals surface area contributed by atoms with Gasteiger partial charge in [0, 0.05) is 5.02 Å². The zero-order chi connectivity index (χ0) is 15.5. The number of carbonyl (C=O) groups is 1. The van der Waals surface area contributed by atoms with Crippen LogP contribution in [0.3, 0.4) is 0 Å². The van der Waals surface area contributed by atoms with Crippen LogP contribution in [0.4, 0.5) is 0 Å². The first kappa shape index (κ1) is 15.0. The second kappa shape index (κ2) is 6.46. The molecule has 1 aliphatic rings. The maximum absolute atomic E-state index is 12.4. The van der Waals surface area contributed by atoms with E-state index in [1.807, 2.05) is 12.1 Å². The van der Waals surface area contributed by atoms with Crippen molar-refractivity contribution in [3.63, 3.8) is 0 Å². The topological polar surface area (TPSA) is 53.8 Å². The fraction of sp³-hybridized carbons (Fsp3) is 0.188. The lowest BCUT2D eigenvalue weighted by Crippen LogP contribution is -2.38. The van der Waals surface area contributed by atoms with E-state index in [1.165, 1.54) is 0 Å². The van der Waals surface area contributed by atoms with Gasteiger partial charge < -0.3 is 5.32 Å². The van der Waals surface area contributed by atoms with Crippen LogP contribution in [0.2, 0.25) is 10.0 Å². The van der Waals surface area contributed by atoms with Crippen molar-refractivity contribution in [3.05, 3.63) is 69.7 Å². The van der Waals surface area contributed by atoms with Crippen molar-refractivity contribution in [1.29, 1.82) is 0 Å². The molecule has 1 amide bonds. The lowest BCUT2D eigenvalue weighted by atomic mass is 10.0. The van der Waals surface area contributed by atoms with Crippen molar-refractivity contribution in [3.8, 4) is 0 Å². The Kier molecular flexibility index (Phi) is 4.41. The van der Waals surface area contributed by atoms with Crippen LogP contribution < -0.4 is 5.32 Å². The summed E-state index contributed by atoms with van der Waals surface area (Å²) in [4.78, 5) is 12.4. The molecule has 6 heteroatoms. The average Bonchev–Trinajstić information content (AvgIpc) is 2.96. The SMILES string of the molecule is O=C(NC1CN=NC1c1ccc(Cl)cc1)c1ccccc1Cl. The summed E-state index contributed by atoms with van der Waals surface area (Å²) < 4.78 is 0. The first-order valence-corrected chi connectivity index (χ1v) is 7.58. The first-order valence-electron chi connectivity index (χ1n) is 6.82. The summed E-state index contributed by atoms with van der Waals surface area (Å²) in [6.45, 7) is 0.448. The Morgan fingerprint density at radius 1 is 1.09 bits per heavy atom. The van der Waals surface area contributed by atoms with Crippen LogP contribution in [0.15, 0.2) is 58.8 Å². The van der Waals surface area contributed by atoms with E-state index < -0.39 is 0 Å². The van der Waals surface area contributed by atoms with Crippen molar-refractivity contribution in [2.24, 2.45) is 10.2 Å². The van der Waals surface area contributed by atoms with Crippen LogP contribution in [0.1, 0.15) is 22.0 Å². The van der Waals surface area contributed by atoms with E-state index in [-0.39, 0.29) is 18.0 Å². The van der Waals surface area contributed by atoms with Gasteiger partial charge in [-0.1, -0.05) is 47.5 Å². The predicted molar refractivity (Wildman–Crippen MR) is 86.6 cm³/mol. The van der Waals surface area contributed by atoms with Gasteiger partial charge in [-0.05, 0) is 29.8 Å². The van der Waals surface area contributed by atoms with Gasteiger partial charge in [-0.15, -0.1) is 0 Å². The summed E-state index contributed by atoms with van der Waals surface area (Å²) in [7, 11) is 0. The molecule has 2 aromatic rings. The highest BCUT2D eigenvalue weighted by Crippen LogP contribution is 2.28. The minimum Gasteiger partial charge on any atom is -0.345 e. The summed E-state index contributed by atoms with van der Waals surface area (Å²) >= 11 is 12.0. The van der Waals surface area contributed by atoms with Crippen molar-refractivity contribution in [1.82, 2.24) is 5.32 Å². The summed E-state index contributed by atoms with van der Waals surface area (Å²) in [6, 6.07) is 14.0. The first-order chi connectivity index (χ1) is 10.6. The van der Waals surface area contributed by atoms with E-state index in [4.69, 9.17) is 23.2 Å².